The summed E-state index contributed by atoms with van der Waals surface area (Å²) >= 11 is 12.1. The number of amides is 1. The van der Waals surface area contributed by atoms with Crippen LogP contribution in [0.2, 0.25) is 10.0 Å². The summed E-state index contributed by atoms with van der Waals surface area (Å²) in [5, 5.41) is 3.17. The predicted molar refractivity (Wildman–Crippen MR) is 92.1 cm³/mol. The Morgan fingerprint density at radius 1 is 1.29 bits per heavy atom. The number of nitrogens with zero attached hydrogens (tertiary/aromatic N) is 2. The van der Waals surface area contributed by atoms with E-state index in [1.807, 2.05) is 6.92 Å². The van der Waals surface area contributed by atoms with Crippen molar-refractivity contribution in [1.29, 1.82) is 0 Å². The van der Waals surface area contributed by atoms with E-state index in [0.717, 1.165) is 0 Å². The predicted octanol–water partition coefficient (Wildman–Crippen LogP) is 4.35. The standard InChI is InChI=1S/C16H13Cl2N3O3/c1-3-12-20-14-11(23-2)5-4-8(15(14)24-12)16(22)21-13-9(17)6-19-7-10(13)18/h4-7H,3H2,1-2H3,(H,19,21,22). The Morgan fingerprint density at radius 2 is 2.00 bits per heavy atom. The fourth-order valence-electron chi connectivity index (χ4n) is 2.23. The minimum absolute atomic E-state index is 0.243. The highest BCUT2D eigenvalue weighted by Crippen LogP contribution is 2.32. The summed E-state index contributed by atoms with van der Waals surface area (Å²) in [6.07, 6.45) is 3.40. The van der Waals surface area contributed by atoms with E-state index < -0.39 is 5.91 Å². The molecule has 0 atom stereocenters. The van der Waals surface area contributed by atoms with E-state index in [0.29, 0.717) is 34.7 Å². The third-order valence-corrected chi connectivity index (χ3v) is 3.98. The second-order valence-corrected chi connectivity index (χ2v) is 5.70. The maximum absolute atomic E-state index is 12.7. The van der Waals surface area contributed by atoms with Crippen LogP contribution in [-0.4, -0.2) is 23.0 Å². The molecule has 3 aromatic rings. The van der Waals surface area contributed by atoms with Crippen molar-refractivity contribution in [2.24, 2.45) is 0 Å². The summed E-state index contributed by atoms with van der Waals surface area (Å²) in [4.78, 5) is 20.9. The molecule has 0 spiro atoms. The van der Waals surface area contributed by atoms with Crippen molar-refractivity contribution >= 4 is 45.9 Å². The van der Waals surface area contributed by atoms with Crippen LogP contribution in [0.1, 0.15) is 23.2 Å². The van der Waals surface area contributed by atoms with E-state index in [2.05, 4.69) is 15.3 Å². The van der Waals surface area contributed by atoms with E-state index in [1.165, 1.54) is 19.5 Å². The number of anilines is 1. The molecule has 0 saturated heterocycles. The lowest BCUT2D eigenvalue weighted by Gasteiger charge is -2.09. The quantitative estimate of drug-likeness (QED) is 0.743. The Morgan fingerprint density at radius 3 is 2.62 bits per heavy atom. The van der Waals surface area contributed by atoms with Gasteiger partial charge in [-0.3, -0.25) is 9.78 Å². The number of ether oxygens (including phenoxy) is 1. The molecule has 3 rings (SSSR count). The number of carbonyl (C=O) groups is 1. The monoisotopic (exact) mass is 365 g/mol. The molecular weight excluding hydrogens is 353 g/mol. The number of aromatic nitrogens is 2. The normalized spacial score (nSPS) is 10.8. The molecule has 0 aliphatic carbocycles. The minimum atomic E-state index is -0.420. The first-order valence-electron chi connectivity index (χ1n) is 7.12. The molecular formula is C16H13Cl2N3O3. The van der Waals surface area contributed by atoms with Gasteiger partial charge < -0.3 is 14.5 Å². The van der Waals surface area contributed by atoms with Gasteiger partial charge in [0, 0.05) is 18.8 Å². The zero-order chi connectivity index (χ0) is 17.3. The lowest BCUT2D eigenvalue weighted by molar-refractivity contribution is 0.102. The van der Waals surface area contributed by atoms with Crippen molar-refractivity contribution in [3.63, 3.8) is 0 Å². The number of methoxy groups -OCH3 is 1. The average Bonchev–Trinajstić information content (AvgIpc) is 3.01. The lowest BCUT2D eigenvalue weighted by Crippen LogP contribution is -2.13. The van der Waals surface area contributed by atoms with Gasteiger partial charge >= 0.3 is 0 Å². The number of aryl methyl sites for hydroxylation is 1. The van der Waals surface area contributed by atoms with Crippen LogP contribution in [0.15, 0.2) is 28.9 Å². The summed E-state index contributed by atoms with van der Waals surface area (Å²) in [5.74, 6) is 0.630. The van der Waals surface area contributed by atoms with Gasteiger partial charge in [0.1, 0.15) is 5.75 Å². The highest BCUT2D eigenvalue weighted by Gasteiger charge is 2.20. The van der Waals surface area contributed by atoms with Crippen LogP contribution in [0, 0.1) is 0 Å². The summed E-state index contributed by atoms with van der Waals surface area (Å²) in [6, 6.07) is 3.26. The van der Waals surface area contributed by atoms with Crippen LogP contribution in [0.3, 0.4) is 0 Å². The first-order valence-corrected chi connectivity index (χ1v) is 7.87. The smallest absolute Gasteiger partial charge is 0.259 e. The van der Waals surface area contributed by atoms with Gasteiger partial charge in [-0.05, 0) is 12.1 Å². The van der Waals surface area contributed by atoms with Crippen molar-refractivity contribution in [2.75, 3.05) is 12.4 Å². The molecule has 124 valence electrons. The van der Waals surface area contributed by atoms with Crippen molar-refractivity contribution in [3.8, 4) is 5.75 Å². The maximum Gasteiger partial charge on any atom is 0.259 e. The van der Waals surface area contributed by atoms with Gasteiger partial charge in [-0.15, -0.1) is 0 Å². The fourth-order valence-corrected chi connectivity index (χ4v) is 2.69. The SMILES string of the molecule is CCc1nc2c(OC)ccc(C(=O)Nc3c(Cl)cncc3Cl)c2o1. The number of carbonyl (C=O) groups excluding carboxylic acids is 1. The van der Waals surface area contributed by atoms with Crippen LogP contribution in [0.4, 0.5) is 5.69 Å². The number of oxazole rings is 1. The molecule has 1 aromatic carbocycles. The zero-order valence-corrected chi connectivity index (χ0v) is 14.4. The van der Waals surface area contributed by atoms with Crippen LogP contribution >= 0.6 is 23.2 Å². The Hall–Kier alpha value is -2.31. The Kier molecular flexibility index (Phi) is 4.59. The topological polar surface area (TPSA) is 77.2 Å². The number of pyridine rings is 1. The molecule has 1 amide bonds. The van der Waals surface area contributed by atoms with E-state index in [4.69, 9.17) is 32.4 Å². The molecule has 0 saturated carbocycles. The first kappa shape index (κ1) is 16.5. The third-order valence-electron chi connectivity index (χ3n) is 3.41. The molecule has 0 aliphatic rings. The molecule has 0 aliphatic heterocycles. The fraction of sp³-hybridized carbons (Fsp3) is 0.188. The molecule has 2 aromatic heterocycles. The van der Waals surface area contributed by atoms with Crippen molar-refractivity contribution < 1.29 is 13.9 Å². The summed E-state index contributed by atoms with van der Waals surface area (Å²) < 4.78 is 11.0. The second-order valence-electron chi connectivity index (χ2n) is 4.89. The molecule has 2 heterocycles. The zero-order valence-electron chi connectivity index (χ0n) is 12.9. The number of hydrogen-bond donors (Lipinski definition) is 1. The minimum Gasteiger partial charge on any atom is -0.494 e. The number of fused-ring (bicyclic) bond motifs is 1. The summed E-state index contributed by atoms with van der Waals surface area (Å²) in [7, 11) is 1.53. The van der Waals surface area contributed by atoms with Gasteiger partial charge in [0.2, 0.25) is 0 Å². The van der Waals surface area contributed by atoms with Gasteiger partial charge in [0.15, 0.2) is 17.0 Å². The molecule has 0 bridgehead atoms. The van der Waals surface area contributed by atoms with E-state index in [1.54, 1.807) is 12.1 Å². The van der Waals surface area contributed by atoms with Crippen LogP contribution in [0.5, 0.6) is 5.75 Å². The van der Waals surface area contributed by atoms with E-state index >= 15 is 0 Å². The third kappa shape index (κ3) is 2.90. The molecule has 0 unspecified atom stereocenters. The number of nitrogens with one attached hydrogen (secondary N) is 1. The Labute approximate surface area is 147 Å². The summed E-state index contributed by atoms with van der Waals surface area (Å²) in [5.41, 5.74) is 1.44. The van der Waals surface area contributed by atoms with Crippen molar-refractivity contribution in [2.45, 2.75) is 13.3 Å². The second kappa shape index (κ2) is 6.67. The molecule has 1 N–H and O–H groups in total. The number of halogens is 2. The molecule has 0 radical (unpaired) electrons. The molecule has 6 nitrogen and oxygen atoms in total. The largest absolute Gasteiger partial charge is 0.494 e. The van der Waals surface area contributed by atoms with Gasteiger partial charge in [-0.25, -0.2) is 4.98 Å². The van der Waals surface area contributed by atoms with Crippen LogP contribution in [-0.2, 0) is 6.42 Å². The number of benzene rings is 1. The molecule has 24 heavy (non-hydrogen) atoms. The molecule has 0 fully saturated rings. The van der Waals surface area contributed by atoms with Gasteiger partial charge in [-0.2, -0.15) is 0 Å². The van der Waals surface area contributed by atoms with Gasteiger partial charge in [0.05, 0.1) is 28.4 Å². The van der Waals surface area contributed by atoms with Crippen molar-refractivity contribution in [1.82, 2.24) is 9.97 Å². The van der Waals surface area contributed by atoms with E-state index in [-0.39, 0.29) is 15.7 Å². The maximum atomic E-state index is 12.7. The van der Waals surface area contributed by atoms with Gasteiger partial charge in [-0.1, -0.05) is 30.1 Å². The highest BCUT2D eigenvalue weighted by molar-refractivity contribution is 6.39. The molecule has 8 heteroatoms. The first-order chi connectivity index (χ1) is 11.5. The average molecular weight is 366 g/mol. The Balaban J connectivity index is 2.06. The van der Waals surface area contributed by atoms with Crippen molar-refractivity contribution in [3.05, 3.63) is 46.0 Å². The highest BCUT2D eigenvalue weighted by atomic mass is 35.5. The summed E-state index contributed by atoms with van der Waals surface area (Å²) in [6.45, 7) is 1.91. The van der Waals surface area contributed by atoms with E-state index in [9.17, 15) is 4.79 Å². The number of rotatable bonds is 4. The number of hydrogen-bond acceptors (Lipinski definition) is 5. The van der Waals surface area contributed by atoms with Crippen LogP contribution < -0.4 is 10.1 Å². The van der Waals surface area contributed by atoms with Gasteiger partial charge in [0.25, 0.3) is 5.91 Å². The van der Waals surface area contributed by atoms with Crippen LogP contribution in [0.25, 0.3) is 11.1 Å². The Bertz CT molecular complexity index is 904. The lowest BCUT2D eigenvalue weighted by atomic mass is 10.1.